The fourth-order valence-corrected chi connectivity index (χ4v) is 0.915. The Morgan fingerprint density at radius 3 is 2.29 bits per heavy atom. The normalized spacial score (nSPS) is 9.21. The third-order valence-electron chi connectivity index (χ3n) is 1.57. The van der Waals surface area contributed by atoms with Gasteiger partial charge in [0.2, 0.25) is 0 Å². The number of carbonyl (C=O) groups excluding carboxylic acids is 1. The Labute approximate surface area is 81.4 Å². The molecule has 0 saturated heterocycles. The van der Waals surface area contributed by atoms with E-state index in [1.54, 1.807) is 31.4 Å². The van der Waals surface area contributed by atoms with Crippen LogP contribution < -0.4 is 16.2 Å². The fraction of sp³-hybridized carbons (Fsp3) is 0.111. The molecule has 0 atom stereocenters. The molecule has 0 aliphatic rings. The maximum Gasteiger partial charge on any atom is 0.280 e. The van der Waals surface area contributed by atoms with Gasteiger partial charge in [0.15, 0.2) is 5.96 Å². The van der Waals surface area contributed by atoms with E-state index >= 15 is 0 Å². The van der Waals surface area contributed by atoms with E-state index in [1.807, 2.05) is 0 Å². The molecule has 1 aromatic carbocycles. The molecule has 5 nitrogen and oxygen atoms in total. The van der Waals surface area contributed by atoms with Crippen LogP contribution in [0.1, 0.15) is 10.4 Å². The second-order valence-corrected chi connectivity index (χ2v) is 2.57. The van der Waals surface area contributed by atoms with Gasteiger partial charge in [0.25, 0.3) is 5.91 Å². The topological polar surface area (TPSA) is 90.7 Å². The Kier molecular flexibility index (Phi) is 3.06. The van der Waals surface area contributed by atoms with Crippen LogP contribution >= 0.6 is 0 Å². The van der Waals surface area contributed by atoms with E-state index in [4.69, 9.17) is 16.2 Å². The molecular formula is C9H11N3O2. The van der Waals surface area contributed by atoms with E-state index in [-0.39, 0.29) is 5.96 Å². The van der Waals surface area contributed by atoms with Crippen molar-refractivity contribution in [3.63, 3.8) is 0 Å². The lowest BCUT2D eigenvalue weighted by atomic mass is 10.2. The molecule has 0 fully saturated rings. The molecule has 1 aromatic rings. The molecule has 1 amide bonds. The highest BCUT2D eigenvalue weighted by atomic mass is 16.5. The highest BCUT2D eigenvalue weighted by molar-refractivity contribution is 6.01. The summed E-state index contributed by atoms with van der Waals surface area (Å²) >= 11 is 0. The second kappa shape index (κ2) is 4.27. The summed E-state index contributed by atoms with van der Waals surface area (Å²) < 4.78 is 4.93. The second-order valence-electron chi connectivity index (χ2n) is 2.57. The van der Waals surface area contributed by atoms with Crippen LogP contribution in [0.25, 0.3) is 0 Å². The van der Waals surface area contributed by atoms with Crippen LogP contribution in [-0.2, 0) is 0 Å². The van der Waals surface area contributed by atoms with Crippen LogP contribution in [0.3, 0.4) is 0 Å². The molecule has 1 rings (SSSR count). The van der Waals surface area contributed by atoms with E-state index in [1.165, 1.54) is 0 Å². The summed E-state index contributed by atoms with van der Waals surface area (Å²) in [6.45, 7) is 0. The highest BCUT2D eigenvalue weighted by Gasteiger charge is 2.03. The molecule has 0 unspecified atom stereocenters. The molecule has 5 heteroatoms. The number of ether oxygens (including phenoxy) is 1. The molecular weight excluding hydrogens is 182 g/mol. The van der Waals surface area contributed by atoms with Gasteiger partial charge in [-0.05, 0) is 24.3 Å². The van der Waals surface area contributed by atoms with Crippen molar-refractivity contribution in [1.29, 1.82) is 0 Å². The van der Waals surface area contributed by atoms with Crippen molar-refractivity contribution < 1.29 is 9.53 Å². The first-order valence-corrected chi connectivity index (χ1v) is 3.91. The summed E-state index contributed by atoms with van der Waals surface area (Å²) in [5, 5.41) is 0. The molecule has 14 heavy (non-hydrogen) atoms. The number of hydrogen-bond donors (Lipinski definition) is 2. The largest absolute Gasteiger partial charge is 0.497 e. The molecule has 0 saturated carbocycles. The quantitative estimate of drug-likeness (QED) is 0.515. The molecule has 0 bridgehead atoms. The lowest BCUT2D eigenvalue weighted by Crippen LogP contribution is -2.24. The minimum absolute atomic E-state index is 0.245. The maximum atomic E-state index is 11.3. The van der Waals surface area contributed by atoms with Gasteiger partial charge in [-0.25, -0.2) is 0 Å². The first kappa shape index (κ1) is 10.0. The van der Waals surface area contributed by atoms with Crippen LogP contribution in [0.2, 0.25) is 0 Å². The van der Waals surface area contributed by atoms with E-state index in [9.17, 15) is 4.79 Å². The van der Waals surface area contributed by atoms with Crippen LogP contribution in [0, 0.1) is 0 Å². The van der Waals surface area contributed by atoms with Crippen molar-refractivity contribution in [3.8, 4) is 5.75 Å². The predicted molar refractivity (Wildman–Crippen MR) is 53.1 cm³/mol. The van der Waals surface area contributed by atoms with Gasteiger partial charge in [-0.15, -0.1) is 0 Å². The number of rotatable bonds is 2. The van der Waals surface area contributed by atoms with Crippen molar-refractivity contribution in [3.05, 3.63) is 29.8 Å². The van der Waals surface area contributed by atoms with Gasteiger partial charge in [0.05, 0.1) is 7.11 Å². The zero-order valence-corrected chi connectivity index (χ0v) is 7.73. The van der Waals surface area contributed by atoms with Crippen molar-refractivity contribution in [2.24, 2.45) is 16.5 Å². The van der Waals surface area contributed by atoms with E-state index in [0.717, 1.165) is 0 Å². The number of guanidine groups is 1. The monoisotopic (exact) mass is 193 g/mol. The average Bonchev–Trinajstić information content (AvgIpc) is 2.17. The number of benzene rings is 1. The van der Waals surface area contributed by atoms with Gasteiger partial charge in [-0.2, -0.15) is 4.99 Å². The standard InChI is InChI=1S/C9H11N3O2/c1-14-7-4-2-6(3-5-7)8(13)12-9(10)11/h2-5H,1H3,(H4,10,11,12,13). The Bertz CT molecular complexity index is 353. The van der Waals surface area contributed by atoms with Crippen molar-refractivity contribution in [2.75, 3.05) is 7.11 Å². The zero-order chi connectivity index (χ0) is 10.6. The summed E-state index contributed by atoms with van der Waals surface area (Å²) in [6.07, 6.45) is 0. The predicted octanol–water partition coefficient (Wildman–Crippen LogP) is 0.109. The smallest absolute Gasteiger partial charge is 0.280 e. The molecule has 0 spiro atoms. The lowest BCUT2D eigenvalue weighted by Gasteiger charge is -1.99. The minimum Gasteiger partial charge on any atom is -0.497 e. The van der Waals surface area contributed by atoms with E-state index in [2.05, 4.69) is 4.99 Å². The number of aliphatic imine (C=N–C) groups is 1. The summed E-state index contributed by atoms with van der Waals surface area (Å²) in [5.41, 5.74) is 10.6. The van der Waals surface area contributed by atoms with Crippen molar-refractivity contribution in [2.45, 2.75) is 0 Å². The van der Waals surface area contributed by atoms with Crippen LogP contribution in [0.5, 0.6) is 5.75 Å². The van der Waals surface area contributed by atoms with Crippen LogP contribution in [0.15, 0.2) is 29.3 Å². The fourth-order valence-electron chi connectivity index (χ4n) is 0.915. The summed E-state index contributed by atoms with van der Waals surface area (Å²) in [7, 11) is 1.55. The summed E-state index contributed by atoms with van der Waals surface area (Å²) in [6, 6.07) is 6.51. The Hall–Kier alpha value is -2.04. The van der Waals surface area contributed by atoms with Gasteiger partial charge in [0, 0.05) is 5.56 Å². The van der Waals surface area contributed by atoms with Crippen LogP contribution in [0.4, 0.5) is 0 Å². The van der Waals surface area contributed by atoms with E-state index in [0.29, 0.717) is 11.3 Å². The molecule has 74 valence electrons. The first-order chi connectivity index (χ1) is 6.63. The number of carbonyl (C=O) groups is 1. The molecule has 0 aromatic heterocycles. The Morgan fingerprint density at radius 2 is 1.86 bits per heavy atom. The van der Waals surface area contributed by atoms with Gasteiger partial charge in [-0.3, -0.25) is 4.79 Å². The van der Waals surface area contributed by atoms with Crippen molar-refractivity contribution in [1.82, 2.24) is 0 Å². The number of amides is 1. The lowest BCUT2D eigenvalue weighted by molar-refractivity contribution is 0.100. The average molecular weight is 193 g/mol. The van der Waals surface area contributed by atoms with Crippen molar-refractivity contribution >= 4 is 11.9 Å². The maximum absolute atomic E-state index is 11.3. The van der Waals surface area contributed by atoms with Gasteiger partial charge < -0.3 is 16.2 Å². The number of methoxy groups -OCH3 is 1. The van der Waals surface area contributed by atoms with Gasteiger partial charge >= 0.3 is 0 Å². The molecule has 0 radical (unpaired) electrons. The molecule has 0 heterocycles. The molecule has 4 N–H and O–H groups in total. The molecule has 0 aliphatic carbocycles. The first-order valence-electron chi connectivity index (χ1n) is 3.91. The third-order valence-corrected chi connectivity index (χ3v) is 1.57. The number of hydrogen-bond acceptors (Lipinski definition) is 2. The van der Waals surface area contributed by atoms with Crippen LogP contribution in [-0.4, -0.2) is 19.0 Å². The highest BCUT2D eigenvalue weighted by Crippen LogP contribution is 2.11. The third kappa shape index (κ3) is 2.48. The summed E-state index contributed by atoms with van der Waals surface area (Å²) in [5.74, 6) is -0.0373. The number of nitrogens with two attached hydrogens (primary N) is 2. The summed E-state index contributed by atoms with van der Waals surface area (Å²) in [4.78, 5) is 14.7. The van der Waals surface area contributed by atoms with Gasteiger partial charge in [-0.1, -0.05) is 0 Å². The zero-order valence-electron chi connectivity index (χ0n) is 7.73. The number of nitrogens with zero attached hydrogens (tertiary/aromatic N) is 1. The molecule has 0 aliphatic heterocycles. The SMILES string of the molecule is COc1ccc(C(=O)N=C(N)N)cc1. The minimum atomic E-state index is -0.465. The van der Waals surface area contributed by atoms with E-state index < -0.39 is 5.91 Å². The Balaban J connectivity index is 2.87. The Morgan fingerprint density at radius 1 is 1.29 bits per heavy atom. The van der Waals surface area contributed by atoms with Gasteiger partial charge in [0.1, 0.15) is 5.75 Å².